The number of rotatable bonds is 2. The lowest BCUT2D eigenvalue weighted by atomic mass is 10.8. The van der Waals surface area contributed by atoms with Gasteiger partial charge in [-0.1, -0.05) is 0 Å². The zero-order chi connectivity index (χ0) is 7.98. The van der Waals surface area contributed by atoms with Crippen molar-refractivity contribution < 1.29 is 4.79 Å². The van der Waals surface area contributed by atoms with Gasteiger partial charge in [0.15, 0.2) is 0 Å². The van der Waals surface area contributed by atoms with E-state index in [0.29, 0.717) is 0 Å². The average Bonchev–Trinajstić information content (AvgIpc) is 1.88. The molecule has 0 aromatic rings. The molecule has 0 fully saturated rings. The number of carbonyl (C=O) groups is 1. The van der Waals surface area contributed by atoms with E-state index in [1.54, 1.807) is 14.1 Å². The van der Waals surface area contributed by atoms with Gasteiger partial charge in [-0.15, -0.1) is 0 Å². The molecule has 2 amide bonds. The summed E-state index contributed by atoms with van der Waals surface area (Å²) in [6.07, 6.45) is 1.17. The standard InChI is InChI=1S/C4H11N5O/c1-9(2)4(10)8-7-3-6-5/h3H,5H2,1-2H3,(H,6,7)(H,8,10). The Hall–Kier alpha value is -1.46. The molecule has 0 aromatic carbocycles. The number of urea groups is 1. The second kappa shape index (κ2) is 4.42. The highest BCUT2D eigenvalue weighted by atomic mass is 16.2. The van der Waals surface area contributed by atoms with E-state index in [9.17, 15) is 4.79 Å². The largest absolute Gasteiger partial charge is 0.335 e. The summed E-state index contributed by atoms with van der Waals surface area (Å²) in [6.45, 7) is 0. The zero-order valence-electron chi connectivity index (χ0n) is 5.96. The minimum atomic E-state index is -0.264. The maximum Gasteiger partial charge on any atom is 0.335 e. The fourth-order valence-electron chi connectivity index (χ4n) is 0.243. The molecule has 0 spiro atoms. The molecule has 0 atom stereocenters. The first-order valence-corrected chi connectivity index (χ1v) is 2.63. The van der Waals surface area contributed by atoms with E-state index in [1.807, 2.05) is 0 Å². The number of amides is 2. The van der Waals surface area contributed by atoms with Gasteiger partial charge in [-0.3, -0.25) is 10.9 Å². The Morgan fingerprint density at radius 3 is 2.70 bits per heavy atom. The molecule has 0 heterocycles. The summed E-state index contributed by atoms with van der Waals surface area (Å²) in [4.78, 5) is 12.0. The molecular formula is C4H11N5O. The molecule has 6 nitrogen and oxygen atoms in total. The lowest BCUT2D eigenvalue weighted by molar-refractivity contribution is 0.215. The topological polar surface area (TPSA) is 82.8 Å². The van der Waals surface area contributed by atoms with Gasteiger partial charge in [-0.2, -0.15) is 5.10 Å². The third kappa shape index (κ3) is 3.53. The van der Waals surface area contributed by atoms with Crippen molar-refractivity contribution in [2.24, 2.45) is 10.9 Å². The summed E-state index contributed by atoms with van der Waals surface area (Å²) < 4.78 is 0. The van der Waals surface area contributed by atoms with Crippen LogP contribution in [0.5, 0.6) is 0 Å². The van der Waals surface area contributed by atoms with E-state index >= 15 is 0 Å². The van der Waals surface area contributed by atoms with Crippen LogP contribution in [0.4, 0.5) is 4.79 Å². The Balaban J connectivity index is 3.40. The minimum Gasteiger partial charge on any atom is -0.330 e. The molecular weight excluding hydrogens is 134 g/mol. The second-order valence-electron chi connectivity index (χ2n) is 1.75. The second-order valence-corrected chi connectivity index (χ2v) is 1.75. The van der Waals surface area contributed by atoms with Gasteiger partial charge in [0.2, 0.25) is 0 Å². The van der Waals surface area contributed by atoms with E-state index in [1.165, 1.54) is 11.2 Å². The molecule has 0 aliphatic rings. The molecule has 58 valence electrons. The summed E-state index contributed by atoms with van der Waals surface area (Å²) in [5.41, 5.74) is 4.65. The highest BCUT2D eigenvalue weighted by Gasteiger charge is 1.97. The van der Waals surface area contributed by atoms with Gasteiger partial charge in [-0.05, 0) is 0 Å². The van der Waals surface area contributed by atoms with E-state index < -0.39 is 0 Å². The first kappa shape index (κ1) is 8.54. The molecule has 0 aromatic heterocycles. The molecule has 0 aliphatic heterocycles. The number of carbonyl (C=O) groups excluding carboxylic acids is 1. The van der Waals surface area contributed by atoms with Crippen molar-refractivity contribution in [2.45, 2.75) is 0 Å². The van der Waals surface area contributed by atoms with E-state index in [0.717, 1.165) is 0 Å². The van der Waals surface area contributed by atoms with Crippen molar-refractivity contribution in [3.8, 4) is 0 Å². The molecule has 10 heavy (non-hydrogen) atoms. The normalized spacial score (nSPS) is 9.40. The highest BCUT2D eigenvalue weighted by molar-refractivity contribution is 5.74. The number of nitrogens with one attached hydrogen (secondary N) is 2. The van der Waals surface area contributed by atoms with Crippen molar-refractivity contribution in [1.82, 2.24) is 15.8 Å². The fraction of sp³-hybridized carbons (Fsp3) is 0.500. The number of hydrogen-bond acceptors (Lipinski definition) is 3. The average molecular weight is 145 g/mol. The van der Waals surface area contributed by atoms with Crippen LogP contribution in [-0.2, 0) is 0 Å². The lowest BCUT2D eigenvalue weighted by Gasteiger charge is -2.10. The van der Waals surface area contributed by atoms with Crippen molar-refractivity contribution in [3.05, 3.63) is 0 Å². The van der Waals surface area contributed by atoms with Gasteiger partial charge in [0, 0.05) is 14.1 Å². The summed E-state index contributed by atoms with van der Waals surface area (Å²) in [5, 5.41) is 3.10. The Kier molecular flexibility index (Phi) is 3.78. The minimum absolute atomic E-state index is 0.264. The highest BCUT2D eigenvalue weighted by Crippen LogP contribution is 1.71. The van der Waals surface area contributed by atoms with Crippen LogP contribution in [0.2, 0.25) is 0 Å². The number of hydrazone groups is 1. The summed E-state index contributed by atoms with van der Waals surface area (Å²) in [5.74, 6) is 4.73. The van der Waals surface area contributed by atoms with Crippen LogP contribution >= 0.6 is 0 Å². The molecule has 0 saturated carbocycles. The lowest BCUT2D eigenvalue weighted by Crippen LogP contribution is -2.42. The Morgan fingerprint density at radius 2 is 2.30 bits per heavy atom. The smallest absolute Gasteiger partial charge is 0.330 e. The molecule has 6 heteroatoms. The van der Waals surface area contributed by atoms with E-state index in [2.05, 4.69) is 16.0 Å². The molecule has 4 N–H and O–H groups in total. The Morgan fingerprint density at radius 1 is 1.70 bits per heavy atom. The summed E-state index contributed by atoms with van der Waals surface area (Å²) in [6, 6.07) is -0.264. The first-order chi connectivity index (χ1) is 4.68. The molecule has 0 bridgehead atoms. The van der Waals surface area contributed by atoms with E-state index in [-0.39, 0.29) is 6.03 Å². The fourth-order valence-corrected chi connectivity index (χ4v) is 0.243. The third-order valence-corrected chi connectivity index (χ3v) is 0.724. The van der Waals surface area contributed by atoms with Crippen LogP contribution < -0.4 is 16.7 Å². The van der Waals surface area contributed by atoms with Crippen LogP contribution in [0.25, 0.3) is 0 Å². The van der Waals surface area contributed by atoms with Gasteiger partial charge >= 0.3 is 6.03 Å². The molecule has 0 radical (unpaired) electrons. The van der Waals surface area contributed by atoms with Crippen LogP contribution in [0.3, 0.4) is 0 Å². The van der Waals surface area contributed by atoms with Crippen LogP contribution in [0.15, 0.2) is 5.10 Å². The van der Waals surface area contributed by atoms with Crippen molar-refractivity contribution >= 4 is 12.4 Å². The number of nitrogens with zero attached hydrogens (tertiary/aromatic N) is 2. The number of hydrazine groups is 1. The summed E-state index contributed by atoms with van der Waals surface area (Å²) in [7, 11) is 3.24. The summed E-state index contributed by atoms with van der Waals surface area (Å²) >= 11 is 0. The molecule has 0 aliphatic carbocycles. The van der Waals surface area contributed by atoms with E-state index in [4.69, 9.17) is 5.84 Å². The monoisotopic (exact) mass is 145 g/mol. The van der Waals surface area contributed by atoms with Crippen molar-refractivity contribution in [1.29, 1.82) is 0 Å². The quantitative estimate of drug-likeness (QED) is 0.195. The molecule has 0 unspecified atom stereocenters. The molecule has 0 rings (SSSR count). The van der Waals surface area contributed by atoms with Crippen molar-refractivity contribution in [2.75, 3.05) is 14.1 Å². The number of nitrogens with two attached hydrogens (primary N) is 1. The number of hydrogen-bond donors (Lipinski definition) is 3. The van der Waals surface area contributed by atoms with Gasteiger partial charge in [-0.25, -0.2) is 4.79 Å². The third-order valence-electron chi connectivity index (χ3n) is 0.724. The van der Waals surface area contributed by atoms with Crippen LogP contribution in [-0.4, -0.2) is 31.4 Å². The maximum absolute atomic E-state index is 10.7. The zero-order valence-corrected chi connectivity index (χ0v) is 5.96. The Labute approximate surface area is 59.0 Å². The molecule has 0 saturated heterocycles. The first-order valence-electron chi connectivity index (χ1n) is 2.63. The van der Waals surface area contributed by atoms with Gasteiger partial charge in [0.25, 0.3) is 0 Å². The predicted molar refractivity (Wildman–Crippen MR) is 38.0 cm³/mol. The van der Waals surface area contributed by atoms with Crippen LogP contribution in [0.1, 0.15) is 0 Å². The van der Waals surface area contributed by atoms with Crippen LogP contribution in [0, 0.1) is 0 Å². The van der Waals surface area contributed by atoms with Gasteiger partial charge in [0.05, 0.1) is 0 Å². The maximum atomic E-state index is 10.7. The van der Waals surface area contributed by atoms with Gasteiger partial charge in [0.1, 0.15) is 6.34 Å². The van der Waals surface area contributed by atoms with Crippen molar-refractivity contribution in [3.63, 3.8) is 0 Å². The predicted octanol–water partition coefficient (Wildman–Crippen LogP) is -1.34. The van der Waals surface area contributed by atoms with Gasteiger partial charge < -0.3 is 10.7 Å². The SMILES string of the molecule is CN(C)C(=O)NNC=NN. The Bertz CT molecular complexity index is 132.